The first kappa shape index (κ1) is 20.4. The fourth-order valence-corrected chi connectivity index (χ4v) is 5.28. The predicted octanol–water partition coefficient (Wildman–Crippen LogP) is 4.41. The number of carbonyl (C=O) groups is 1. The van der Waals surface area contributed by atoms with Crippen molar-refractivity contribution in [2.75, 3.05) is 5.32 Å². The molecule has 7 nitrogen and oxygen atoms in total. The van der Waals surface area contributed by atoms with E-state index in [9.17, 15) is 9.59 Å². The van der Waals surface area contributed by atoms with Gasteiger partial charge in [0.1, 0.15) is 18.0 Å². The Bertz CT molecular complexity index is 1330. The number of nitrogens with one attached hydrogen (secondary N) is 1. The molecule has 4 aromatic rings. The van der Waals surface area contributed by atoms with Gasteiger partial charge in [-0.05, 0) is 67.1 Å². The number of anilines is 1. The zero-order chi connectivity index (χ0) is 22.1. The number of fused-ring (bicyclic) bond motifs is 3. The van der Waals surface area contributed by atoms with Crippen molar-refractivity contribution in [3.63, 3.8) is 0 Å². The van der Waals surface area contributed by atoms with Crippen LogP contribution in [0.1, 0.15) is 23.8 Å². The van der Waals surface area contributed by atoms with Crippen molar-refractivity contribution in [2.24, 2.45) is 5.92 Å². The van der Waals surface area contributed by atoms with Gasteiger partial charge >= 0.3 is 0 Å². The Morgan fingerprint density at radius 3 is 2.69 bits per heavy atom. The van der Waals surface area contributed by atoms with Crippen LogP contribution < -0.4 is 15.6 Å². The van der Waals surface area contributed by atoms with Crippen molar-refractivity contribution in [3.8, 4) is 11.5 Å². The summed E-state index contributed by atoms with van der Waals surface area (Å²) >= 11 is 1.55. The molecule has 5 rings (SSSR count). The summed E-state index contributed by atoms with van der Waals surface area (Å²) in [6.45, 7) is 2.03. The highest BCUT2D eigenvalue weighted by molar-refractivity contribution is 7.18. The molecule has 0 fully saturated rings. The third-order valence-electron chi connectivity index (χ3n) is 5.60. The minimum absolute atomic E-state index is 0.189. The topological polar surface area (TPSA) is 86.1 Å². The first-order chi connectivity index (χ1) is 15.6. The number of hydrogen-bond acceptors (Lipinski definition) is 6. The molecule has 2 aromatic heterocycles. The average Bonchev–Trinajstić information content (AvgIpc) is 3.16. The maximum Gasteiger partial charge on any atom is 0.279 e. The lowest BCUT2D eigenvalue weighted by Gasteiger charge is -2.17. The molecule has 32 heavy (non-hydrogen) atoms. The molecule has 0 radical (unpaired) electrons. The summed E-state index contributed by atoms with van der Waals surface area (Å²) in [5.74, 6) is 1.68. The summed E-state index contributed by atoms with van der Waals surface area (Å²) in [6.07, 6.45) is 2.91. The number of amides is 1. The second kappa shape index (κ2) is 8.55. The van der Waals surface area contributed by atoms with E-state index < -0.39 is 0 Å². The van der Waals surface area contributed by atoms with Gasteiger partial charge in [-0.15, -0.1) is 16.4 Å². The summed E-state index contributed by atoms with van der Waals surface area (Å²) in [7, 11) is 0. The highest BCUT2D eigenvalue weighted by Gasteiger charge is 2.24. The summed E-state index contributed by atoms with van der Waals surface area (Å²) in [6, 6.07) is 16.5. The first-order valence-corrected chi connectivity index (χ1v) is 11.4. The fraction of sp³-hybridized carbons (Fsp3) is 0.250. The monoisotopic (exact) mass is 446 g/mol. The number of benzene rings is 2. The molecule has 8 heteroatoms. The van der Waals surface area contributed by atoms with Crippen LogP contribution in [0.3, 0.4) is 0 Å². The number of hydrogen-bond donors (Lipinski definition) is 1. The molecule has 1 amide bonds. The molecular weight excluding hydrogens is 424 g/mol. The van der Waals surface area contributed by atoms with Gasteiger partial charge in [0.25, 0.3) is 5.56 Å². The molecule has 2 heterocycles. The molecule has 1 aliphatic carbocycles. The number of thiophene rings is 1. The predicted molar refractivity (Wildman–Crippen MR) is 124 cm³/mol. The molecule has 1 aliphatic rings. The van der Waals surface area contributed by atoms with Crippen LogP contribution in [0.2, 0.25) is 0 Å². The number of aryl methyl sites for hydroxylation is 1. The van der Waals surface area contributed by atoms with Crippen LogP contribution >= 0.6 is 11.3 Å². The zero-order valence-corrected chi connectivity index (χ0v) is 18.4. The van der Waals surface area contributed by atoms with E-state index in [0.29, 0.717) is 27.6 Å². The largest absolute Gasteiger partial charge is 0.457 e. The van der Waals surface area contributed by atoms with E-state index in [1.165, 1.54) is 4.88 Å². The third-order valence-corrected chi connectivity index (χ3v) is 6.73. The maximum atomic E-state index is 13.0. The van der Waals surface area contributed by atoms with Crippen LogP contribution in [0.5, 0.6) is 11.5 Å². The van der Waals surface area contributed by atoms with Crippen molar-refractivity contribution in [1.29, 1.82) is 0 Å². The Kier molecular flexibility index (Phi) is 5.45. The van der Waals surface area contributed by atoms with Gasteiger partial charge in [0.05, 0.1) is 5.39 Å². The Morgan fingerprint density at radius 1 is 1.16 bits per heavy atom. The van der Waals surface area contributed by atoms with Crippen LogP contribution in [0, 0.1) is 5.92 Å². The van der Waals surface area contributed by atoms with Crippen molar-refractivity contribution in [1.82, 2.24) is 15.0 Å². The van der Waals surface area contributed by atoms with Crippen LogP contribution in [-0.4, -0.2) is 20.9 Å². The molecule has 2 aromatic carbocycles. The van der Waals surface area contributed by atoms with E-state index in [0.717, 1.165) is 35.3 Å². The molecule has 1 N–H and O–H groups in total. The van der Waals surface area contributed by atoms with Gasteiger partial charge in [-0.1, -0.05) is 30.3 Å². The van der Waals surface area contributed by atoms with Gasteiger partial charge in [0.2, 0.25) is 5.91 Å². The molecule has 0 saturated carbocycles. The molecule has 1 atom stereocenters. The van der Waals surface area contributed by atoms with Crippen molar-refractivity contribution in [2.45, 2.75) is 32.7 Å². The standard InChI is InChI=1S/C24H22N4O3S/c1-15-7-12-19-20(13-15)32-23-22(19)24(30)28(27-26-23)14-21(29)25-16-8-10-18(11-9-16)31-17-5-3-2-4-6-17/h2-6,8-11,15H,7,12-14H2,1H3,(H,25,29)/t15-/m0/s1. The fourth-order valence-electron chi connectivity index (χ4n) is 3.96. The summed E-state index contributed by atoms with van der Waals surface area (Å²) < 4.78 is 6.91. The van der Waals surface area contributed by atoms with Crippen molar-refractivity contribution < 1.29 is 9.53 Å². The van der Waals surface area contributed by atoms with E-state index in [4.69, 9.17) is 4.74 Å². The van der Waals surface area contributed by atoms with Gasteiger partial charge in [-0.2, -0.15) is 0 Å². The number of para-hydroxylation sites is 1. The second-order valence-corrected chi connectivity index (χ2v) is 9.16. The Balaban J connectivity index is 1.29. The Hall–Kier alpha value is -3.52. The molecule has 0 aliphatic heterocycles. The first-order valence-electron chi connectivity index (χ1n) is 10.6. The van der Waals surface area contributed by atoms with E-state index in [-0.39, 0.29) is 18.0 Å². The molecule has 0 saturated heterocycles. The van der Waals surface area contributed by atoms with Crippen LogP contribution in [0.4, 0.5) is 5.69 Å². The Morgan fingerprint density at radius 2 is 1.91 bits per heavy atom. The Labute approximate surface area is 188 Å². The summed E-state index contributed by atoms with van der Waals surface area (Å²) in [5.41, 5.74) is 1.45. The van der Waals surface area contributed by atoms with Crippen LogP contribution in [-0.2, 0) is 24.2 Å². The van der Waals surface area contributed by atoms with E-state index in [2.05, 4.69) is 22.6 Å². The minimum Gasteiger partial charge on any atom is -0.457 e. The zero-order valence-electron chi connectivity index (χ0n) is 17.6. The van der Waals surface area contributed by atoms with E-state index in [1.807, 2.05) is 30.3 Å². The maximum absolute atomic E-state index is 13.0. The number of aromatic nitrogens is 3. The van der Waals surface area contributed by atoms with Crippen molar-refractivity contribution >= 4 is 33.1 Å². The average molecular weight is 447 g/mol. The van der Waals surface area contributed by atoms with E-state index >= 15 is 0 Å². The van der Waals surface area contributed by atoms with Gasteiger partial charge in [0.15, 0.2) is 4.83 Å². The number of ether oxygens (including phenoxy) is 1. The highest BCUT2D eigenvalue weighted by atomic mass is 32.1. The van der Waals surface area contributed by atoms with Crippen LogP contribution in [0.25, 0.3) is 10.2 Å². The van der Waals surface area contributed by atoms with Crippen LogP contribution in [0.15, 0.2) is 59.4 Å². The molecule has 0 unspecified atom stereocenters. The van der Waals surface area contributed by atoms with E-state index in [1.54, 1.807) is 35.6 Å². The molecular formula is C24H22N4O3S. The van der Waals surface area contributed by atoms with Gasteiger partial charge < -0.3 is 10.1 Å². The number of carbonyl (C=O) groups excluding carboxylic acids is 1. The number of nitrogens with zero attached hydrogens (tertiary/aromatic N) is 3. The second-order valence-electron chi connectivity index (χ2n) is 8.07. The highest BCUT2D eigenvalue weighted by Crippen LogP contribution is 2.35. The number of rotatable bonds is 5. The van der Waals surface area contributed by atoms with Gasteiger partial charge in [-0.25, -0.2) is 4.68 Å². The lowest BCUT2D eigenvalue weighted by molar-refractivity contribution is -0.117. The molecule has 0 bridgehead atoms. The SMILES string of the molecule is C[C@H]1CCc2c(sc3nnn(CC(=O)Nc4ccc(Oc5ccccc5)cc4)c(=O)c23)C1. The lowest BCUT2D eigenvalue weighted by Crippen LogP contribution is -2.30. The quantitative estimate of drug-likeness (QED) is 0.491. The lowest BCUT2D eigenvalue weighted by atomic mass is 9.89. The normalized spacial score (nSPS) is 15.3. The third kappa shape index (κ3) is 4.13. The van der Waals surface area contributed by atoms with Gasteiger partial charge in [-0.3, -0.25) is 9.59 Å². The summed E-state index contributed by atoms with van der Waals surface area (Å²) in [5, 5.41) is 11.6. The smallest absolute Gasteiger partial charge is 0.279 e. The van der Waals surface area contributed by atoms with Crippen molar-refractivity contribution in [3.05, 3.63) is 75.4 Å². The van der Waals surface area contributed by atoms with Gasteiger partial charge in [0, 0.05) is 10.6 Å². The minimum atomic E-state index is -0.338. The molecule has 0 spiro atoms. The molecule has 162 valence electrons. The summed E-state index contributed by atoms with van der Waals surface area (Å²) in [4.78, 5) is 27.5.